The molecule has 0 fully saturated rings. The Hall–Kier alpha value is -1.04. The first-order valence-electron chi connectivity index (χ1n) is 0.816. The topological polar surface area (TPSA) is 20.2 Å². The monoisotopic (exact) mass is 312 g/mol. The molecule has 0 spiro atoms. The standard InChI is InChI=1S/C2H5O.Rf/c1-2-3;/h3H,1-2H2;/q-1;. The summed E-state index contributed by atoms with van der Waals surface area (Å²) < 4.78 is 0. The molecule has 0 rings (SSSR count). The first-order chi connectivity index (χ1) is 1.41. The smallest absolute Gasteiger partial charge is 0 e. The molecule has 0 aliphatic heterocycles. The van der Waals surface area contributed by atoms with E-state index in [-0.39, 0.29) is 6.61 Å². The van der Waals surface area contributed by atoms with Gasteiger partial charge in [0.05, 0.1) is 0 Å². The van der Waals surface area contributed by atoms with Gasteiger partial charge in [-0.2, -0.15) is 0 Å². The molecule has 0 unspecified atom stereocenters. The van der Waals surface area contributed by atoms with Crippen LogP contribution in [0.1, 0.15) is 0 Å². The molecule has 0 heterocycles. The van der Waals surface area contributed by atoms with Gasteiger partial charge in [-0.25, -0.2) is 0 Å². The summed E-state index contributed by atoms with van der Waals surface area (Å²) in [4.78, 5) is 0. The van der Waals surface area contributed by atoms with Gasteiger partial charge in [0.2, 0.25) is 0 Å². The second-order valence-electron chi connectivity index (χ2n) is 0.224. The van der Waals surface area contributed by atoms with Crippen LogP contribution in [0.15, 0.2) is 0 Å². The first kappa shape index (κ1) is 12.3. The van der Waals surface area contributed by atoms with Gasteiger partial charge in [0.1, 0.15) is 0 Å². The summed E-state index contributed by atoms with van der Waals surface area (Å²) in [6.45, 7) is 3.04. The van der Waals surface area contributed by atoms with E-state index in [0.717, 1.165) is 0 Å². The van der Waals surface area contributed by atoms with Crippen LogP contribution in [0, 0.1) is 6.92 Å². The molecule has 1 nitrogen and oxygen atoms in total. The summed E-state index contributed by atoms with van der Waals surface area (Å²) in [6, 6.07) is 0. The zero-order chi connectivity index (χ0) is 2.71. The molecule has 2 heteroatoms. The van der Waals surface area contributed by atoms with Gasteiger partial charge >= 0.3 is 0 Å². The first-order valence-corrected chi connectivity index (χ1v) is 0.816. The van der Waals surface area contributed by atoms with Crippen LogP contribution in [0.3, 0.4) is 0 Å². The summed E-state index contributed by atoms with van der Waals surface area (Å²) in [5.41, 5.74) is 0. The molecule has 22 valence electrons. The maximum atomic E-state index is 7.46. The fourth-order valence-electron chi connectivity index (χ4n) is 0. The van der Waals surface area contributed by atoms with Gasteiger partial charge in [0.15, 0.2) is 0 Å². The van der Waals surface area contributed by atoms with Crippen molar-refractivity contribution in [3.63, 3.8) is 0 Å². The van der Waals surface area contributed by atoms with Crippen molar-refractivity contribution in [2.45, 2.75) is 0 Å². The molecule has 0 aliphatic carbocycles. The van der Waals surface area contributed by atoms with Gasteiger partial charge < -0.3 is 12.0 Å². The Morgan fingerprint density at radius 2 is 1.75 bits per heavy atom. The number of hydrogen-bond donors (Lipinski definition) is 1. The van der Waals surface area contributed by atoms with E-state index in [9.17, 15) is 0 Å². The Balaban J connectivity index is 0. The molecular formula is C2H5ORf-. The van der Waals surface area contributed by atoms with E-state index < -0.39 is 0 Å². The minimum absolute atomic E-state index is 0. The third kappa shape index (κ3) is 0.00142. The average Bonchev–Trinajstić information content (AvgIpc) is 0.918. The number of hydrogen-bond acceptors (Lipinski definition) is 1. The number of rotatable bonds is 0. The predicted molar refractivity (Wildman–Crippen MR) is 12.4 cm³/mol. The zero-order valence-electron chi connectivity index (χ0n) is 2.57. The molecule has 0 aliphatic rings. The Morgan fingerprint density at radius 1 is 1.75 bits per heavy atom. The van der Waals surface area contributed by atoms with Gasteiger partial charge in [-0.3, -0.25) is 0 Å². The van der Waals surface area contributed by atoms with Crippen LogP contribution in [-0.2, 0) is 0 Å². The molecule has 1 N–H and O–H groups in total. The van der Waals surface area contributed by atoms with E-state index in [0.29, 0.717) is 0 Å². The summed E-state index contributed by atoms with van der Waals surface area (Å²) in [7, 11) is 0. The van der Waals surface area contributed by atoms with Crippen molar-refractivity contribution < 1.29 is 5.11 Å². The van der Waals surface area contributed by atoms with Gasteiger partial charge in [-0.1, -0.05) is 6.61 Å². The molecule has 0 saturated heterocycles. The predicted octanol–water partition coefficient (Wildman–Crippen LogP) is -0.187. The van der Waals surface area contributed by atoms with E-state index in [4.69, 9.17) is 5.11 Å². The largest absolute Gasteiger partial charge is 0.428 e. The Bertz CT molecular complexity index is 6.00. The van der Waals surface area contributed by atoms with Gasteiger partial charge in [-0.05, 0) is 0 Å². The van der Waals surface area contributed by atoms with Crippen LogP contribution in [0.5, 0.6) is 0 Å². The molecule has 0 aromatic carbocycles. The summed E-state index contributed by atoms with van der Waals surface area (Å²) in [6.07, 6.45) is 0. The molecule has 0 amide bonds. The van der Waals surface area contributed by atoms with E-state index in [1.165, 1.54) is 0 Å². The normalized spacial score (nSPS) is 4.50. The van der Waals surface area contributed by atoms with Crippen molar-refractivity contribution in [2.24, 2.45) is 0 Å². The fourth-order valence-corrected chi connectivity index (χ4v) is 0. The SMILES string of the molecule is [CH2-]CO.[Rf]. The second-order valence-corrected chi connectivity index (χ2v) is 0.224. The van der Waals surface area contributed by atoms with Crippen LogP contribution < -0.4 is 0 Å². The fraction of sp³-hybridized carbons (Fsp3) is 0.500. The third-order valence-corrected chi connectivity index (χ3v) is 0. The Kier molecular flexibility index (Phi) is 3480. The van der Waals surface area contributed by atoms with Gasteiger partial charge in [0, 0.05) is 0 Å². The van der Waals surface area contributed by atoms with Crippen molar-refractivity contribution in [3.8, 4) is 0 Å². The molecule has 0 saturated carbocycles. The number of aliphatic hydroxyl groups excluding tert-OH is 1. The minimum Gasteiger partial charge on any atom is -0.428 e. The van der Waals surface area contributed by atoms with Crippen molar-refractivity contribution in [1.82, 2.24) is 0 Å². The minimum atomic E-state index is 0. The second kappa shape index (κ2) is 1130. The molecule has 4 heavy (non-hydrogen) atoms. The van der Waals surface area contributed by atoms with Crippen molar-refractivity contribution in [2.75, 3.05) is 6.61 Å². The van der Waals surface area contributed by atoms with Crippen molar-refractivity contribution in [1.29, 1.82) is 0 Å². The Labute approximate surface area is 19.9 Å². The zero-order valence-corrected chi connectivity index (χ0v) is 8.97. The quantitative estimate of drug-likeness (QED) is 0.615. The molecule has 0 radical (unpaired) electrons. The van der Waals surface area contributed by atoms with E-state index in [1.54, 1.807) is 0 Å². The van der Waals surface area contributed by atoms with Crippen LogP contribution >= 0.6 is 0 Å². The average molecular weight is 312 g/mol. The molecule has 0 atom stereocenters. The van der Waals surface area contributed by atoms with E-state index >= 15 is 0 Å². The summed E-state index contributed by atoms with van der Waals surface area (Å²) >= 11 is 0. The summed E-state index contributed by atoms with van der Waals surface area (Å²) in [5.74, 6) is 0. The summed E-state index contributed by atoms with van der Waals surface area (Å²) in [5, 5.41) is 7.46. The van der Waals surface area contributed by atoms with Gasteiger partial charge in [-0.15, -0.1) is 0 Å². The molecule has 0 aromatic heterocycles. The maximum absolute atomic E-state index is 7.46. The third-order valence-electron chi connectivity index (χ3n) is 0. The molecule has 0 aromatic rings. The van der Waals surface area contributed by atoms with Crippen LogP contribution in [0.2, 0.25) is 0 Å². The molecular weight excluding hydrogens is 307 g/mol. The van der Waals surface area contributed by atoms with E-state index in [2.05, 4.69) is 6.92 Å². The molecule has 0 bridgehead atoms. The maximum Gasteiger partial charge on any atom is 0 e. The number of aliphatic hydroxyl groups is 1. The Morgan fingerprint density at radius 3 is 1.75 bits per heavy atom. The van der Waals surface area contributed by atoms with Crippen molar-refractivity contribution >= 4 is 0 Å². The van der Waals surface area contributed by atoms with Crippen LogP contribution in [0.25, 0.3) is 0 Å². The van der Waals surface area contributed by atoms with Crippen LogP contribution in [-0.4, -0.2) is 11.7 Å². The van der Waals surface area contributed by atoms with Gasteiger partial charge in [0.25, 0.3) is 0 Å². The van der Waals surface area contributed by atoms with Crippen LogP contribution in [0.4, 0.5) is 0 Å². The van der Waals surface area contributed by atoms with E-state index in [1.807, 2.05) is 0 Å². The van der Waals surface area contributed by atoms with Crippen molar-refractivity contribution in [3.05, 3.63) is 6.92 Å².